The predicted molar refractivity (Wildman–Crippen MR) is 134 cm³/mol. The molecule has 1 N–H and O–H groups in total. The molecule has 0 aliphatic carbocycles. The van der Waals surface area contributed by atoms with Crippen LogP contribution in [0.1, 0.15) is 35.6 Å². The fraction of sp³-hybridized carbons (Fsp3) is 0.440. The van der Waals surface area contributed by atoms with Crippen molar-refractivity contribution in [3.05, 3.63) is 69.7 Å². The van der Waals surface area contributed by atoms with Crippen LogP contribution in [0.3, 0.4) is 0 Å². The molecule has 3 rings (SSSR count). The van der Waals surface area contributed by atoms with Crippen molar-refractivity contribution in [1.29, 1.82) is 0 Å². The van der Waals surface area contributed by atoms with Crippen molar-refractivity contribution in [2.75, 3.05) is 25.9 Å². The molecule has 1 aliphatic rings. The number of aryl methyl sites for hydroxylation is 2. The molecule has 2 aromatic carbocycles. The minimum Gasteiger partial charge on any atom is -0.335 e. The van der Waals surface area contributed by atoms with E-state index in [0.29, 0.717) is 18.0 Å². The summed E-state index contributed by atoms with van der Waals surface area (Å²) in [5, 5.41) is 0.592. The molecule has 7 nitrogen and oxygen atoms in total. The van der Waals surface area contributed by atoms with Gasteiger partial charge in [-0.1, -0.05) is 53.1 Å². The number of hydrogen-bond donors (Lipinski definition) is 1. The lowest BCUT2D eigenvalue weighted by molar-refractivity contribution is -0.164. The normalized spacial score (nSPS) is 17.9. The van der Waals surface area contributed by atoms with Crippen LogP contribution in [0.25, 0.3) is 0 Å². The van der Waals surface area contributed by atoms with E-state index in [-0.39, 0.29) is 37.9 Å². The molecule has 0 spiro atoms. The first-order chi connectivity index (χ1) is 15.9. The van der Waals surface area contributed by atoms with Crippen molar-refractivity contribution in [1.82, 2.24) is 14.5 Å². The first-order valence-electron chi connectivity index (χ1n) is 11.2. The number of carbonyl (C=O) groups is 2. The van der Waals surface area contributed by atoms with Gasteiger partial charge in [-0.25, -0.2) is 13.1 Å². The van der Waals surface area contributed by atoms with Gasteiger partial charge in [-0.3, -0.25) is 9.59 Å². The smallest absolute Gasteiger partial charge is 0.248 e. The summed E-state index contributed by atoms with van der Waals surface area (Å²) >= 11 is 5.99. The first kappa shape index (κ1) is 26.2. The largest absolute Gasteiger partial charge is 0.335 e. The highest BCUT2D eigenvalue weighted by Gasteiger charge is 2.50. The van der Waals surface area contributed by atoms with E-state index >= 15 is 0 Å². The van der Waals surface area contributed by atoms with Gasteiger partial charge in [0.15, 0.2) is 0 Å². The number of carbonyl (C=O) groups excluding carboxylic acids is 2. The lowest BCUT2D eigenvalue weighted by Crippen LogP contribution is -2.68. The Morgan fingerprint density at radius 3 is 2.24 bits per heavy atom. The third kappa shape index (κ3) is 6.58. The van der Waals surface area contributed by atoms with Crippen LogP contribution >= 0.6 is 11.6 Å². The van der Waals surface area contributed by atoms with Gasteiger partial charge in [-0.15, -0.1) is 0 Å². The Morgan fingerprint density at radius 2 is 1.71 bits per heavy atom. The Bertz CT molecular complexity index is 1150. The molecule has 1 saturated heterocycles. The Kier molecular flexibility index (Phi) is 8.06. The number of halogens is 1. The lowest BCUT2D eigenvalue weighted by atomic mass is 9.84. The molecule has 34 heavy (non-hydrogen) atoms. The Hall–Kier alpha value is -2.42. The monoisotopic (exact) mass is 505 g/mol. The molecular formula is C25H32ClN3O4S. The summed E-state index contributed by atoms with van der Waals surface area (Å²) in [4.78, 5) is 30.1. The van der Waals surface area contributed by atoms with Gasteiger partial charge in [0.05, 0.1) is 12.7 Å². The summed E-state index contributed by atoms with van der Waals surface area (Å²) in [6.45, 7) is 6.86. The molecule has 1 fully saturated rings. The minimum atomic E-state index is -3.39. The maximum atomic E-state index is 13.7. The Labute approximate surface area is 207 Å². The van der Waals surface area contributed by atoms with Crippen LogP contribution in [-0.2, 0) is 32.6 Å². The third-order valence-corrected chi connectivity index (χ3v) is 7.12. The van der Waals surface area contributed by atoms with Crippen LogP contribution in [0.15, 0.2) is 42.5 Å². The number of amides is 2. The molecule has 0 saturated carbocycles. The number of nitrogens with one attached hydrogen (secondary N) is 1. The van der Waals surface area contributed by atoms with Gasteiger partial charge >= 0.3 is 0 Å². The van der Waals surface area contributed by atoms with Gasteiger partial charge in [0.1, 0.15) is 5.54 Å². The number of hydrogen-bond acceptors (Lipinski definition) is 4. The van der Waals surface area contributed by atoms with E-state index in [1.165, 1.54) is 0 Å². The van der Waals surface area contributed by atoms with Crippen LogP contribution in [-0.4, -0.2) is 61.5 Å². The number of sulfonamides is 1. The number of benzene rings is 2. The lowest BCUT2D eigenvalue weighted by Gasteiger charge is -2.51. The van der Waals surface area contributed by atoms with E-state index in [0.717, 1.165) is 28.5 Å². The van der Waals surface area contributed by atoms with Crippen molar-refractivity contribution < 1.29 is 18.0 Å². The molecule has 184 valence electrons. The fourth-order valence-electron chi connectivity index (χ4n) is 4.39. The van der Waals surface area contributed by atoms with Gasteiger partial charge in [0.2, 0.25) is 21.8 Å². The zero-order valence-corrected chi connectivity index (χ0v) is 21.7. The van der Waals surface area contributed by atoms with E-state index in [2.05, 4.69) is 10.8 Å². The van der Waals surface area contributed by atoms with Gasteiger partial charge in [-0.05, 0) is 50.5 Å². The SMILES string of the molecule is Cc1cc(C)cc(CC(=O)N2CCC2(C)C(=O)N(CCNS(C)(=O)=O)Cc2ccc(Cl)cc2)c1. The van der Waals surface area contributed by atoms with Gasteiger partial charge < -0.3 is 9.80 Å². The number of rotatable bonds is 9. The van der Waals surface area contributed by atoms with Crippen molar-refractivity contribution >= 4 is 33.4 Å². The second-order valence-electron chi connectivity index (χ2n) is 9.26. The molecule has 1 atom stereocenters. The molecule has 1 heterocycles. The van der Waals surface area contributed by atoms with E-state index < -0.39 is 15.6 Å². The molecular weight excluding hydrogens is 474 g/mol. The summed E-state index contributed by atoms with van der Waals surface area (Å²) in [7, 11) is -3.39. The minimum absolute atomic E-state index is 0.0881. The molecule has 0 aromatic heterocycles. The van der Waals surface area contributed by atoms with Crippen LogP contribution in [0.4, 0.5) is 0 Å². The second kappa shape index (κ2) is 10.5. The zero-order valence-electron chi connectivity index (χ0n) is 20.1. The van der Waals surface area contributed by atoms with E-state index in [1.54, 1.807) is 28.9 Å². The van der Waals surface area contributed by atoms with E-state index in [1.807, 2.05) is 38.1 Å². The van der Waals surface area contributed by atoms with E-state index in [4.69, 9.17) is 11.6 Å². The van der Waals surface area contributed by atoms with Crippen molar-refractivity contribution in [3.8, 4) is 0 Å². The summed E-state index contributed by atoms with van der Waals surface area (Å²) in [6.07, 6.45) is 1.87. The van der Waals surface area contributed by atoms with Crippen molar-refractivity contribution in [3.63, 3.8) is 0 Å². The number of nitrogens with zero attached hydrogens (tertiary/aromatic N) is 2. The Morgan fingerprint density at radius 1 is 1.09 bits per heavy atom. The van der Waals surface area contributed by atoms with Crippen molar-refractivity contribution in [2.45, 2.75) is 45.7 Å². The third-order valence-electron chi connectivity index (χ3n) is 6.14. The summed E-state index contributed by atoms with van der Waals surface area (Å²) in [6, 6.07) is 13.2. The van der Waals surface area contributed by atoms with Gasteiger partial charge in [-0.2, -0.15) is 0 Å². The zero-order chi connectivity index (χ0) is 25.1. The molecule has 0 radical (unpaired) electrons. The molecule has 2 aromatic rings. The van der Waals surface area contributed by atoms with Gasteiger partial charge in [0.25, 0.3) is 0 Å². The first-order valence-corrected chi connectivity index (χ1v) is 13.5. The standard InChI is InChI=1S/C25H32ClN3O4S/c1-18-13-19(2)15-21(14-18)16-23(30)29-11-9-25(29,3)24(31)28(12-10-27-34(4,32)33)17-20-5-7-22(26)8-6-20/h5-8,13-15,27H,9-12,16-17H2,1-4H3. The van der Waals surface area contributed by atoms with E-state index in [9.17, 15) is 18.0 Å². The highest BCUT2D eigenvalue weighted by Crippen LogP contribution is 2.33. The summed E-state index contributed by atoms with van der Waals surface area (Å²) in [5.74, 6) is -0.287. The van der Waals surface area contributed by atoms with Gasteiger partial charge in [0, 0.05) is 31.2 Å². The maximum absolute atomic E-state index is 13.7. The summed E-state index contributed by atoms with van der Waals surface area (Å²) in [5.41, 5.74) is 3.02. The molecule has 2 amide bonds. The summed E-state index contributed by atoms with van der Waals surface area (Å²) < 4.78 is 25.5. The topological polar surface area (TPSA) is 86.8 Å². The molecule has 9 heteroatoms. The molecule has 0 bridgehead atoms. The second-order valence-corrected chi connectivity index (χ2v) is 11.5. The number of likely N-dealkylation sites (tertiary alicyclic amines) is 1. The average molecular weight is 506 g/mol. The Balaban J connectivity index is 1.77. The van der Waals surface area contributed by atoms with Crippen LogP contribution in [0.5, 0.6) is 0 Å². The van der Waals surface area contributed by atoms with Crippen LogP contribution in [0, 0.1) is 13.8 Å². The average Bonchev–Trinajstić information content (AvgIpc) is 2.71. The molecule has 1 unspecified atom stereocenters. The quantitative estimate of drug-likeness (QED) is 0.567. The predicted octanol–water partition coefficient (Wildman–Crippen LogP) is 3.07. The fourth-order valence-corrected chi connectivity index (χ4v) is 4.98. The van der Waals surface area contributed by atoms with Crippen LogP contribution < -0.4 is 4.72 Å². The molecule has 1 aliphatic heterocycles. The van der Waals surface area contributed by atoms with Crippen molar-refractivity contribution in [2.24, 2.45) is 0 Å². The highest BCUT2D eigenvalue weighted by atomic mass is 35.5. The van der Waals surface area contributed by atoms with Crippen LogP contribution in [0.2, 0.25) is 5.02 Å². The maximum Gasteiger partial charge on any atom is 0.248 e. The highest BCUT2D eigenvalue weighted by molar-refractivity contribution is 7.88.